The normalized spacial score (nSPS) is 12.3. The first-order chi connectivity index (χ1) is 9.61. The Labute approximate surface area is 142 Å². The van der Waals surface area contributed by atoms with E-state index < -0.39 is 20.0 Å². The number of nitrogens with two attached hydrogens (primary N) is 1. The zero-order valence-corrected chi connectivity index (χ0v) is 15.7. The van der Waals surface area contributed by atoms with E-state index in [4.69, 9.17) is 5.14 Å². The topological polar surface area (TPSA) is 106 Å². The lowest BCUT2D eigenvalue weighted by atomic mass is 10.3. The predicted molar refractivity (Wildman–Crippen MR) is 88.3 cm³/mol. The first-order valence-corrected chi connectivity index (χ1v) is 10.7. The smallest absolute Gasteiger partial charge is 0.272 e. The molecule has 0 fully saturated rings. The van der Waals surface area contributed by atoms with Gasteiger partial charge in [-0.3, -0.25) is 4.72 Å². The van der Waals surface area contributed by atoms with E-state index in [0.717, 1.165) is 11.3 Å². The number of nitrogens with one attached hydrogen (secondary N) is 1. The van der Waals surface area contributed by atoms with E-state index in [2.05, 4.69) is 36.6 Å². The maximum atomic E-state index is 12.2. The van der Waals surface area contributed by atoms with Crippen molar-refractivity contribution in [3.63, 3.8) is 0 Å². The lowest BCUT2D eigenvalue weighted by molar-refractivity contribution is 0.597. The third-order valence-corrected chi connectivity index (χ3v) is 7.94. The molecule has 0 unspecified atom stereocenters. The average Bonchev–Trinajstić information content (AvgIpc) is 2.77. The van der Waals surface area contributed by atoms with E-state index >= 15 is 0 Å². The van der Waals surface area contributed by atoms with Gasteiger partial charge >= 0.3 is 0 Å². The molecule has 0 amide bonds. The molecule has 0 aliphatic rings. The van der Waals surface area contributed by atoms with Gasteiger partial charge < -0.3 is 0 Å². The van der Waals surface area contributed by atoms with Crippen molar-refractivity contribution in [3.8, 4) is 0 Å². The minimum atomic E-state index is -3.85. The van der Waals surface area contributed by atoms with Crippen molar-refractivity contribution in [1.82, 2.24) is 0 Å². The number of hydrogen-bond acceptors (Lipinski definition) is 5. The molecule has 0 aliphatic heterocycles. The molecular weight excluding hydrogens is 468 g/mol. The Bertz CT molecular complexity index is 891. The summed E-state index contributed by atoms with van der Waals surface area (Å²) in [4.78, 5) is -0.116. The molecule has 0 saturated carbocycles. The number of anilines is 1. The standard InChI is InChI=1S/C10H8Br2N2O4S3/c11-7-3-4-19-10(7)21(17,18)14-9-2-1-6(5-8(9)12)20(13,15)16/h1-5,14H,(H2,13,15,16). The fraction of sp³-hybridized carbons (Fsp3) is 0. The summed E-state index contributed by atoms with van der Waals surface area (Å²) in [5.74, 6) is 0. The number of halogens is 2. The van der Waals surface area contributed by atoms with Crippen molar-refractivity contribution in [2.45, 2.75) is 9.10 Å². The fourth-order valence-electron chi connectivity index (χ4n) is 1.42. The molecule has 1 aromatic heterocycles. The Morgan fingerprint density at radius 2 is 1.71 bits per heavy atom. The zero-order valence-electron chi connectivity index (χ0n) is 10.1. The van der Waals surface area contributed by atoms with Crippen LogP contribution in [0.25, 0.3) is 0 Å². The summed E-state index contributed by atoms with van der Waals surface area (Å²) >= 11 is 7.33. The lowest BCUT2D eigenvalue weighted by Crippen LogP contribution is -2.14. The molecule has 3 N–H and O–H groups in total. The number of thiophene rings is 1. The molecule has 2 aromatic rings. The van der Waals surface area contributed by atoms with Crippen LogP contribution in [0.1, 0.15) is 0 Å². The van der Waals surface area contributed by atoms with Crippen molar-refractivity contribution in [3.05, 3.63) is 38.6 Å². The molecule has 0 atom stereocenters. The van der Waals surface area contributed by atoms with Gasteiger partial charge in [-0.25, -0.2) is 22.0 Å². The molecule has 0 radical (unpaired) electrons. The fourth-order valence-corrected chi connectivity index (χ4v) is 6.14. The van der Waals surface area contributed by atoms with Crippen LogP contribution in [0, 0.1) is 0 Å². The van der Waals surface area contributed by atoms with E-state index in [9.17, 15) is 16.8 Å². The maximum absolute atomic E-state index is 12.2. The summed E-state index contributed by atoms with van der Waals surface area (Å²) in [6.45, 7) is 0. The molecule has 21 heavy (non-hydrogen) atoms. The van der Waals surface area contributed by atoms with Gasteiger partial charge in [-0.15, -0.1) is 11.3 Å². The van der Waals surface area contributed by atoms with Crippen molar-refractivity contribution in [2.75, 3.05) is 4.72 Å². The highest BCUT2D eigenvalue weighted by atomic mass is 79.9. The zero-order chi connectivity index (χ0) is 15.8. The van der Waals surface area contributed by atoms with Gasteiger partial charge in [-0.1, -0.05) is 0 Å². The van der Waals surface area contributed by atoms with Gasteiger partial charge in [0.1, 0.15) is 0 Å². The number of primary sulfonamides is 1. The van der Waals surface area contributed by atoms with Gasteiger partial charge in [0.2, 0.25) is 10.0 Å². The first-order valence-electron chi connectivity index (χ1n) is 5.19. The van der Waals surface area contributed by atoms with Gasteiger partial charge in [-0.05, 0) is 61.5 Å². The molecule has 0 bridgehead atoms. The highest BCUT2D eigenvalue weighted by molar-refractivity contribution is 9.11. The molecule has 6 nitrogen and oxygen atoms in total. The Morgan fingerprint density at radius 3 is 2.19 bits per heavy atom. The maximum Gasteiger partial charge on any atom is 0.272 e. The van der Waals surface area contributed by atoms with Gasteiger partial charge in [0, 0.05) is 8.95 Å². The van der Waals surface area contributed by atoms with Crippen LogP contribution in [0.2, 0.25) is 0 Å². The van der Waals surface area contributed by atoms with E-state index in [-0.39, 0.29) is 19.3 Å². The quantitative estimate of drug-likeness (QED) is 0.708. The van der Waals surface area contributed by atoms with Crippen LogP contribution in [-0.2, 0) is 20.0 Å². The Kier molecular flexibility index (Phi) is 4.81. The van der Waals surface area contributed by atoms with Gasteiger partial charge in [0.25, 0.3) is 10.0 Å². The molecular formula is C10H8Br2N2O4S3. The Hall–Kier alpha value is -0.460. The number of rotatable bonds is 4. The average molecular weight is 476 g/mol. The number of sulfonamides is 2. The third-order valence-electron chi connectivity index (χ3n) is 2.34. The highest BCUT2D eigenvalue weighted by Crippen LogP contribution is 2.32. The van der Waals surface area contributed by atoms with Crippen LogP contribution in [0.4, 0.5) is 5.69 Å². The molecule has 0 spiro atoms. The second kappa shape index (κ2) is 5.97. The van der Waals surface area contributed by atoms with Crippen molar-refractivity contribution in [2.24, 2.45) is 5.14 Å². The van der Waals surface area contributed by atoms with Crippen LogP contribution >= 0.6 is 43.2 Å². The minimum Gasteiger partial charge on any atom is -0.278 e. The van der Waals surface area contributed by atoms with E-state index in [1.54, 1.807) is 11.4 Å². The molecule has 0 aliphatic carbocycles. The Morgan fingerprint density at radius 1 is 1.05 bits per heavy atom. The number of hydrogen-bond donors (Lipinski definition) is 2. The van der Waals surface area contributed by atoms with Crippen LogP contribution in [0.3, 0.4) is 0 Å². The predicted octanol–water partition coefficient (Wildman–Crippen LogP) is 2.72. The van der Waals surface area contributed by atoms with E-state index in [1.165, 1.54) is 18.2 Å². The van der Waals surface area contributed by atoms with Gasteiger partial charge in [0.05, 0.1) is 10.6 Å². The molecule has 11 heteroatoms. The van der Waals surface area contributed by atoms with Crippen molar-refractivity contribution in [1.29, 1.82) is 0 Å². The van der Waals surface area contributed by atoms with Crippen molar-refractivity contribution < 1.29 is 16.8 Å². The summed E-state index contributed by atoms with van der Waals surface area (Å²) in [7, 11) is -7.61. The molecule has 1 aromatic carbocycles. The SMILES string of the molecule is NS(=O)(=O)c1ccc(NS(=O)(=O)c2sccc2Br)c(Br)c1. The monoisotopic (exact) mass is 474 g/mol. The lowest BCUT2D eigenvalue weighted by Gasteiger charge is -2.10. The van der Waals surface area contributed by atoms with Gasteiger partial charge in [0.15, 0.2) is 4.21 Å². The summed E-state index contributed by atoms with van der Waals surface area (Å²) in [5.41, 5.74) is 0.211. The van der Waals surface area contributed by atoms with Gasteiger partial charge in [-0.2, -0.15) is 0 Å². The van der Waals surface area contributed by atoms with Crippen LogP contribution in [0.5, 0.6) is 0 Å². The molecule has 114 valence electrons. The summed E-state index contributed by atoms with van der Waals surface area (Å²) in [5, 5.41) is 6.64. The summed E-state index contributed by atoms with van der Waals surface area (Å²) in [6, 6.07) is 5.40. The van der Waals surface area contributed by atoms with Crippen LogP contribution < -0.4 is 9.86 Å². The Balaban J connectivity index is 2.39. The largest absolute Gasteiger partial charge is 0.278 e. The first kappa shape index (κ1) is 16.9. The molecule has 0 saturated heterocycles. The van der Waals surface area contributed by atoms with E-state index in [1.807, 2.05) is 0 Å². The van der Waals surface area contributed by atoms with Crippen LogP contribution in [-0.4, -0.2) is 16.8 Å². The second-order valence-electron chi connectivity index (χ2n) is 3.85. The molecule has 1 heterocycles. The minimum absolute atomic E-state index is 0.116. The molecule has 2 rings (SSSR count). The highest BCUT2D eigenvalue weighted by Gasteiger charge is 2.21. The third kappa shape index (κ3) is 3.85. The van der Waals surface area contributed by atoms with E-state index in [0.29, 0.717) is 4.47 Å². The second-order valence-corrected chi connectivity index (χ2v) is 9.91. The summed E-state index contributed by atoms with van der Waals surface area (Å²) < 4.78 is 50.1. The van der Waals surface area contributed by atoms with Crippen molar-refractivity contribution >= 4 is 68.9 Å². The summed E-state index contributed by atoms with van der Waals surface area (Å²) in [6.07, 6.45) is 0. The number of benzene rings is 1. The van der Waals surface area contributed by atoms with Crippen LogP contribution in [0.15, 0.2) is 47.7 Å².